The van der Waals surface area contributed by atoms with E-state index in [9.17, 15) is 0 Å². The third-order valence-corrected chi connectivity index (χ3v) is 5.98. The van der Waals surface area contributed by atoms with Crippen molar-refractivity contribution < 1.29 is 0 Å². The van der Waals surface area contributed by atoms with Crippen LogP contribution < -0.4 is 5.73 Å². The SMILES string of the molecule is CCC(N)C(c1cccs1)N(C)C1CCC(C)(C)CC1. The Morgan fingerprint density at radius 2 is 2.05 bits per heavy atom. The minimum absolute atomic E-state index is 0.230. The maximum absolute atomic E-state index is 6.43. The molecule has 1 aromatic heterocycles. The molecule has 2 unspecified atom stereocenters. The number of nitrogens with two attached hydrogens (primary N) is 1. The van der Waals surface area contributed by atoms with Crippen LogP contribution in [0, 0.1) is 5.41 Å². The van der Waals surface area contributed by atoms with E-state index in [1.165, 1.54) is 30.6 Å². The van der Waals surface area contributed by atoms with Gasteiger partial charge in [-0.25, -0.2) is 0 Å². The van der Waals surface area contributed by atoms with Gasteiger partial charge in [-0.15, -0.1) is 11.3 Å². The molecule has 2 N–H and O–H groups in total. The molecule has 1 saturated carbocycles. The average molecular weight is 295 g/mol. The van der Waals surface area contributed by atoms with Crippen LogP contribution in [0.25, 0.3) is 0 Å². The first-order chi connectivity index (χ1) is 9.44. The lowest BCUT2D eigenvalue weighted by atomic mass is 9.75. The molecule has 1 aromatic rings. The molecule has 0 bridgehead atoms. The van der Waals surface area contributed by atoms with Crippen LogP contribution in [-0.2, 0) is 0 Å². The summed E-state index contributed by atoms with van der Waals surface area (Å²) in [5.41, 5.74) is 6.96. The summed E-state index contributed by atoms with van der Waals surface area (Å²) in [6.45, 7) is 7.00. The zero-order valence-electron chi connectivity index (χ0n) is 13.4. The van der Waals surface area contributed by atoms with Gasteiger partial charge in [0, 0.05) is 17.0 Å². The fraction of sp³-hybridized carbons (Fsp3) is 0.765. The predicted molar refractivity (Wildman–Crippen MR) is 89.1 cm³/mol. The summed E-state index contributed by atoms with van der Waals surface area (Å²) < 4.78 is 0. The van der Waals surface area contributed by atoms with Gasteiger partial charge in [-0.3, -0.25) is 4.90 Å². The molecule has 0 aliphatic heterocycles. The Bertz CT molecular complexity index is 389. The number of hydrogen-bond donors (Lipinski definition) is 1. The van der Waals surface area contributed by atoms with Crippen molar-refractivity contribution in [2.24, 2.45) is 11.1 Å². The summed E-state index contributed by atoms with van der Waals surface area (Å²) in [5, 5.41) is 2.17. The van der Waals surface area contributed by atoms with Crippen LogP contribution in [0.1, 0.15) is 63.8 Å². The highest BCUT2D eigenvalue weighted by atomic mass is 32.1. The highest BCUT2D eigenvalue weighted by molar-refractivity contribution is 7.10. The Hall–Kier alpha value is -0.380. The molecule has 0 spiro atoms. The molecule has 2 atom stereocenters. The summed E-state index contributed by atoms with van der Waals surface area (Å²) in [6, 6.07) is 5.69. The van der Waals surface area contributed by atoms with Gasteiger partial charge >= 0.3 is 0 Å². The Balaban J connectivity index is 2.09. The Morgan fingerprint density at radius 1 is 1.40 bits per heavy atom. The van der Waals surface area contributed by atoms with E-state index in [-0.39, 0.29) is 6.04 Å². The molecule has 1 aliphatic carbocycles. The van der Waals surface area contributed by atoms with Gasteiger partial charge < -0.3 is 5.73 Å². The number of hydrogen-bond acceptors (Lipinski definition) is 3. The molecular formula is C17H30N2S. The van der Waals surface area contributed by atoms with E-state index in [0.717, 1.165) is 6.42 Å². The number of likely N-dealkylation sites (N-methyl/N-ethyl adjacent to an activating group) is 1. The highest BCUT2D eigenvalue weighted by Gasteiger charge is 2.33. The van der Waals surface area contributed by atoms with Gasteiger partial charge in [0.1, 0.15) is 0 Å². The summed E-state index contributed by atoms with van der Waals surface area (Å²) in [5.74, 6) is 0. The molecule has 1 fully saturated rings. The van der Waals surface area contributed by atoms with Crippen LogP contribution in [0.3, 0.4) is 0 Å². The third-order valence-electron chi connectivity index (χ3n) is 5.04. The molecule has 114 valence electrons. The molecule has 3 heteroatoms. The second kappa shape index (κ2) is 6.59. The lowest BCUT2D eigenvalue weighted by Crippen LogP contribution is -2.45. The van der Waals surface area contributed by atoms with Gasteiger partial charge in [-0.05, 0) is 56.0 Å². The zero-order valence-corrected chi connectivity index (χ0v) is 14.2. The Labute approximate surface area is 128 Å². The van der Waals surface area contributed by atoms with Crippen LogP contribution in [-0.4, -0.2) is 24.0 Å². The molecule has 20 heavy (non-hydrogen) atoms. The van der Waals surface area contributed by atoms with Crippen molar-refractivity contribution in [1.82, 2.24) is 4.90 Å². The van der Waals surface area contributed by atoms with E-state index < -0.39 is 0 Å². The van der Waals surface area contributed by atoms with Gasteiger partial charge in [0.25, 0.3) is 0 Å². The van der Waals surface area contributed by atoms with E-state index in [4.69, 9.17) is 5.73 Å². The smallest absolute Gasteiger partial charge is 0.0593 e. The summed E-state index contributed by atoms with van der Waals surface area (Å²) in [6.07, 6.45) is 6.32. The van der Waals surface area contributed by atoms with Crippen molar-refractivity contribution in [3.63, 3.8) is 0 Å². The molecule has 2 nitrogen and oxygen atoms in total. The summed E-state index contributed by atoms with van der Waals surface area (Å²) >= 11 is 1.85. The van der Waals surface area contributed by atoms with Gasteiger partial charge in [-0.2, -0.15) is 0 Å². The lowest BCUT2D eigenvalue weighted by Gasteiger charge is -2.43. The Kier molecular flexibility index (Phi) is 5.27. The molecule has 1 aliphatic rings. The molecule has 0 saturated heterocycles. The van der Waals surface area contributed by atoms with Crippen LogP contribution in [0.5, 0.6) is 0 Å². The molecule has 2 rings (SSSR count). The van der Waals surface area contributed by atoms with Crippen molar-refractivity contribution in [3.05, 3.63) is 22.4 Å². The summed E-state index contributed by atoms with van der Waals surface area (Å²) in [7, 11) is 2.28. The maximum atomic E-state index is 6.43. The molecule has 1 heterocycles. The lowest BCUT2D eigenvalue weighted by molar-refractivity contribution is 0.0840. The van der Waals surface area contributed by atoms with Crippen molar-refractivity contribution in [2.75, 3.05) is 7.05 Å². The number of nitrogens with zero attached hydrogens (tertiary/aromatic N) is 1. The second-order valence-electron chi connectivity index (χ2n) is 7.09. The molecule has 0 radical (unpaired) electrons. The maximum Gasteiger partial charge on any atom is 0.0593 e. The average Bonchev–Trinajstić information content (AvgIpc) is 2.92. The second-order valence-corrected chi connectivity index (χ2v) is 8.07. The van der Waals surface area contributed by atoms with Crippen molar-refractivity contribution in [1.29, 1.82) is 0 Å². The molecule has 0 aromatic carbocycles. The number of thiophene rings is 1. The van der Waals surface area contributed by atoms with Gasteiger partial charge in [0.15, 0.2) is 0 Å². The van der Waals surface area contributed by atoms with Crippen molar-refractivity contribution in [2.45, 2.75) is 71.0 Å². The fourth-order valence-electron chi connectivity index (χ4n) is 3.41. The van der Waals surface area contributed by atoms with Gasteiger partial charge in [0.05, 0.1) is 6.04 Å². The van der Waals surface area contributed by atoms with Gasteiger partial charge in [0.2, 0.25) is 0 Å². The molecule has 0 amide bonds. The van der Waals surface area contributed by atoms with E-state index in [1.807, 2.05) is 11.3 Å². The largest absolute Gasteiger partial charge is 0.326 e. The van der Waals surface area contributed by atoms with E-state index in [2.05, 4.69) is 50.2 Å². The zero-order chi connectivity index (χ0) is 14.8. The first kappa shape index (κ1) is 16.0. The monoisotopic (exact) mass is 294 g/mol. The summed E-state index contributed by atoms with van der Waals surface area (Å²) in [4.78, 5) is 3.99. The first-order valence-corrected chi connectivity index (χ1v) is 8.83. The van der Waals surface area contributed by atoms with Crippen LogP contribution in [0.15, 0.2) is 17.5 Å². The molecular weight excluding hydrogens is 264 g/mol. The van der Waals surface area contributed by atoms with Crippen molar-refractivity contribution in [3.8, 4) is 0 Å². The van der Waals surface area contributed by atoms with Gasteiger partial charge in [-0.1, -0.05) is 26.8 Å². The Morgan fingerprint density at radius 3 is 2.55 bits per heavy atom. The van der Waals surface area contributed by atoms with Crippen molar-refractivity contribution >= 4 is 11.3 Å². The highest BCUT2D eigenvalue weighted by Crippen LogP contribution is 2.39. The van der Waals surface area contributed by atoms with E-state index in [0.29, 0.717) is 17.5 Å². The van der Waals surface area contributed by atoms with E-state index in [1.54, 1.807) is 0 Å². The van der Waals surface area contributed by atoms with Crippen LogP contribution >= 0.6 is 11.3 Å². The fourth-order valence-corrected chi connectivity index (χ4v) is 4.37. The predicted octanol–water partition coefficient (Wildman–Crippen LogP) is 4.43. The number of rotatable bonds is 5. The minimum atomic E-state index is 0.230. The minimum Gasteiger partial charge on any atom is -0.326 e. The normalized spacial score (nSPS) is 22.9. The quantitative estimate of drug-likeness (QED) is 0.870. The standard InChI is InChI=1S/C17H30N2S/c1-5-14(18)16(15-7-6-12-20-15)19(4)13-8-10-17(2,3)11-9-13/h6-7,12-14,16H,5,8-11,18H2,1-4H3. The topological polar surface area (TPSA) is 29.3 Å². The van der Waals surface area contributed by atoms with E-state index >= 15 is 0 Å². The van der Waals surface area contributed by atoms with Crippen LogP contribution in [0.4, 0.5) is 0 Å². The third kappa shape index (κ3) is 3.63. The first-order valence-electron chi connectivity index (χ1n) is 7.95. The van der Waals surface area contributed by atoms with Crippen LogP contribution in [0.2, 0.25) is 0 Å².